The molecule has 1 aromatic heterocycles. The second-order valence-corrected chi connectivity index (χ2v) is 5.77. The summed E-state index contributed by atoms with van der Waals surface area (Å²) in [4.78, 5) is 0. The molecule has 1 heterocycles. The van der Waals surface area contributed by atoms with Gasteiger partial charge < -0.3 is 5.73 Å². The lowest BCUT2D eigenvalue weighted by Crippen LogP contribution is -2.12. The van der Waals surface area contributed by atoms with E-state index in [1.807, 2.05) is 0 Å². The highest BCUT2D eigenvalue weighted by Gasteiger charge is 2.16. The van der Waals surface area contributed by atoms with Gasteiger partial charge in [-0.05, 0) is 40.5 Å². The Hall–Kier alpha value is -1.98. The number of rotatable bonds is 3. The Bertz CT molecular complexity index is 571. The van der Waals surface area contributed by atoms with E-state index in [0.717, 1.165) is 6.42 Å². The molecule has 5 nitrogen and oxygen atoms in total. The molecular weight excluding hydrogens is 245 g/mol. The van der Waals surface area contributed by atoms with Gasteiger partial charge in [-0.15, -0.1) is 5.10 Å². The Balaban J connectivity index is 2.31. The number of hydrogen-bond acceptors (Lipinski definition) is 4. The van der Waals surface area contributed by atoms with Crippen LogP contribution in [0.25, 0.3) is 11.4 Å². The smallest absolute Gasteiger partial charge is 0.184 e. The van der Waals surface area contributed by atoms with Crippen molar-refractivity contribution >= 4 is 5.69 Å². The minimum absolute atomic E-state index is 0.177. The fourth-order valence-electron chi connectivity index (χ4n) is 1.71. The van der Waals surface area contributed by atoms with Crippen LogP contribution >= 0.6 is 0 Å². The molecule has 102 valence electrons. The van der Waals surface area contributed by atoms with Crippen molar-refractivity contribution in [1.29, 1.82) is 0 Å². The third kappa shape index (κ3) is 3.27. The Morgan fingerprint density at radius 3 is 2.74 bits per heavy atom. The maximum Gasteiger partial charge on any atom is 0.184 e. The molecule has 2 aromatic rings. The summed E-state index contributed by atoms with van der Waals surface area (Å²) in [6.07, 6.45) is 0.917. The highest BCUT2D eigenvalue weighted by Crippen LogP contribution is 2.26. The third-order valence-electron chi connectivity index (χ3n) is 2.86. The number of aryl methyl sites for hydroxylation is 1. The van der Waals surface area contributed by atoms with Gasteiger partial charge in [-0.2, -0.15) is 0 Å². The van der Waals surface area contributed by atoms with Crippen LogP contribution in [0.15, 0.2) is 18.2 Å². The fourth-order valence-corrected chi connectivity index (χ4v) is 1.71. The fraction of sp³-hybridized carbons (Fsp3) is 0.462. The van der Waals surface area contributed by atoms with Crippen LogP contribution in [0.5, 0.6) is 0 Å². The topological polar surface area (TPSA) is 69.6 Å². The molecule has 0 bridgehead atoms. The quantitative estimate of drug-likeness (QED) is 0.864. The standard InChI is InChI=1S/C13H18FN5/c1-13(2,3)6-7-19-12(16-17-18-19)10-8-9(14)4-5-11(10)15/h4-5,8H,6-7,15H2,1-3H3. The van der Waals surface area contributed by atoms with E-state index >= 15 is 0 Å². The molecule has 19 heavy (non-hydrogen) atoms. The normalized spacial score (nSPS) is 11.8. The lowest BCUT2D eigenvalue weighted by molar-refractivity contribution is 0.340. The largest absolute Gasteiger partial charge is 0.398 e. The number of benzene rings is 1. The first kappa shape index (κ1) is 13.5. The Labute approximate surface area is 111 Å². The number of nitrogen functional groups attached to an aromatic ring is 1. The molecule has 0 aliphatic rings. The zero-order valence-corrected chi connectivity index (χ0v) is 11.4. The van der Waals surface area contributed by atoms with Crippen LogP contribution in [0.2, 0.25) is 0 Å². The maximum absolute atomic E-state index is 13.3. The van der Waals surface area contributed by atoms with Crippen molar-refractivity contribution in [3.8, 4) is 11.4 Å². The molecule has 0 spiro atoms. The minimum Gasteiger partial charge on any atom is -0.398 e. The summed E-state index contributed by atoms with van der Waals surface area (Å²) < 4.78 is 15.0. The average molecular weight is 263 g/mol. The molecular formula is C13H18FN5. The van der Waals surface area contributed by atoms with Crippen molar-refractivity contribution in [2.75, 3.05) is 5.73 Å². The van der Waals surface area contributed by atoms with Gasteiger partial charge in [-0.25, -0.2) is 9.07 Å². The number of nitrogens with zero attached hydrogens (tertiary/aromatic N) is 4. The van der Waals surface area contributed by atoms with Crippen LogP contribution in [-0.2, 0) is 6.54 Å². The first-order chi connectivity index (χ1) is 8.87. The summed E-state index contributed by atoms with van der Waals surface area (Å²) in [6, 6.07) is 4.20. The number of halogens is 1. The highest BCUT2D eigenvalue weighted by molar-refractivity contribution is 5.71. The molecule has 0 saturated heterocycles. The summed E-state index contributed by atoms with van der Waals surface area (Å²) in [5, 5.41) is 11.5. The number of tetrazole rings is 1. The summed E-state index contributed by atoms with van der Waals surface area (Å²) in [5.41, 5.74) is 7.03. The van der Waals surface area contributed by atoms with Gasteiger partial charge in [0.15, 0.2) is 5.82 Å². The molecule has 0 radical (unpaired) electrons. The van der Waals surface area contributed by atoms with Crippen molar-refractivity contribution < 1.29 is 4.39 Å². The second kappa shape index (κ2) is 4.95. The van der Waals surface area contributed by atoms with Crippen molar-refractivity contribution in [2.45, 2.75) is 33.7 Å². The van der Waals surface area contributed by atoms with Crippen molar-refractivity contribution in [1.82, 2.24) is 20.2 Å². The Morgan fingerprint density at radius 1 is 1.32 bits per heavy atom. The van der Waals surface area contributed by atoms with E-state index in [0.29, 0.717) is 23.6 Å². The van der Waals surface area contributed by atoms with E-state index in [2.05, 4.69) is 36.3 Å². The molecule has 0 fully saturated rings. The number of hydrogen-bond donors (Lipinski definition) is 1. The maximum atomic E-state index is 13.3. The van der Waals surface area contributed by atoms with Gasteiger partial charge in [0.05, 0.1) is 0 Å². The molecule has 0 amide bonds. The van der Waals surface area contributed by atoms with Crippen LogP contribution < -0.4 is 5.73 Å². The van der Waals surface area contributed by atoms with E-state index in [9.17, 15) is 4.39 Å². The molecule has 0 unspecified atom stereocenters. The van der Waals surface area contributed by atoms with Crippen molar-refractivity contribution in [3.63, 3.8) is 0 Å². The average Bonchev–Trinajstić information content (AvgIpc) is 2.77. The predicted molar refractivity (Wildman–Crippen MR) is 71.7 cm³/mol. The highest BCUT2D eigenvalue weighted by atomic mass is 19.1. The summed E-state index contributed by atoms with van der Waals surface area (Å²) in [6.45, 7) is 7.11. The summed E-state index contributed by atoms with van der Waals surface area (Å²) in [7, 11) is 0. The first-order valence-corrected chi connectivity index (χ1v) is 6.18. The van der Waals surface area contributed by atoms with Crippen LogP contribution in [-0.4, -0.2) is 20.2 Å². The number of anilines is 1. The molecule has 6 heteroatoms. The predicted octanol–water partition coefficient (Wildman–Crippen LogP) is 2.50. The Morgan fingerprint density at radius 2 is 2.05 bits per heavy atom. The zero-order valence-electron chi connectivity index (χ0n) is 11.4. The van der Waals surface area contributed by atoms with Crippen LogP contribution in [0.1, 0.15) is 27.2 Å². The first-order valence-electron chi connectivity index (χ1n) is 6.18. The van der Waals surface area contributed by atoms with Gasteiger partial charge in [0, 0.05) is 17.8 Å². The number of aromatic nitrogens is 4. The Kier molecular flexibility index (Phi) is 3.50. The van der Waals surface area contributed by atoms with Gasteiger partial charge in [-0.1, -0.05) is 20.8 Å². The van der Waals surface area contributed by atoms with E-state index in [4.69, 9.17) is 5.73 Å². The van der Waals surface area contributed by atoms with Gasteiger partial charge in [-0.3, -0.25) is 0 Å². The van der Waals surface area contributed by atoms with Gasteiger partial charge >= 0.3 is 0 Å². The third-order valence-corrected chi connectivity index (χ3v) is 2.86. The summed E-state index contributed by atoms with van der Waals surface area (Å²) in [5.74, 6) is 0.149. The van der Waals surface area contributed by atoms with Crippen LogP contribution in [0.4, 0.5) is 10.1 Å². The molecule has 0 aliphatic carbocycles. The van der Waals surface area contributed by atoms with Crippen LogP contribution in [0.3, 0.4) is 0 Å². The molecule has 0 aliphatic heterocycles. The van der Waals surface area contributed by atoms with Crippen LogP contribution in [0, 0.1) is 11.2 Å². The van der Waals surface area contributed by atoms with Gasteiger partial charge in [0.2, 0.25) is 0 Å². The molecule has 1 aromatic carbocycles. The lowest BCUT2D eigenvalue weighted by Gasteiger charge is -2.18. The minimum atomic E-state index is -0.352. The monoisotopic (exact) mass is 263 g/mol. The molecule has 2 N–H and O–H groups in total. The van der Waals surface area contributed by atoms with Crippen molar-refractivity contribution in [2.24, 2.45) is 5.41 Å². The van der Waals surface area contributed by atoms with E-state index in [1.54, 1.807) is 4.68 Å². The molecule has 2 rings (SSSR count). The molecule has 0 saturated carbocycles. The zero-order chi connectivity index (χ0) is 14.0. The van der Waals surface area contributed by atoms with E-state index in [1.165, 1.54) is 18.2 Å². The van der Waals surface area contributed by atoms with Crippen molar-refractivity contribution in [3.05, 3.63) is 24.0 Å². The number of nitrogens with two attached hydrogens (primary N) is 1. The SMILES string of the molecule is CC(C)(C)CCn1nnnc1-c1cc(F)ccc1N. The lowest BCUT2D eigenvalue weighted by atomic mass is 9.92. The van der Waals surface area contributed by atoms with E-state index in [-0.39, 0.29) is 11.2 Å². The van der Waals surface area contributed by atoms with Gasteiger partial charge in [0.25, 0.3) is 0 Å². The summed E-state index contributed by atoms with van der Waals surface area (Å²) >= 11 is 0. The molecule has 0 atom stereocenters. The van der Waals surface area contributed by atoms with E-state index < -0.39 is 0 Å². The second-order valence-electron chi connectivity index (χ2n) is 5.77. The van der Waals surface area contributed by atoms with Gasteiger partial charge in [0.1, 0.15) is 5.82 Å².